The van der Waals surface area contributed by atoms with Gasteiger partial charge in [-0.25, -0.2) is 0 Å². The number of rotatable bonds is 9. The van der Waals surface area contributed by atoms with Crippen molar-refractivity contribution in [3.05, 3.63) is 44.1 Å². The molecule has 1 unspecified atom stereocenters. The average molecular weight is 473 g/mol. The molecule has 0 spiro atoms. The number of ether oxygens (including phenoxy) is 3. The zero-order chi connectivity index (χ0) is 22.5. The predicted octanol–water partition coefficient (Wildman–Crippen LogP) is 7.48. The van der Waals surface area contributed by atoms with Crippen LogP contribution in [0.1, 0.15) is 68.8 Å². The molecule has 170 valence electrons. The van der Waals surface area contributed by atoms with E-state index in [1.54, 1.807) is 18.4 Å². The summed E-state index contributed by atoms with van der Waals surface area (Å²) < 4.78 is 24.1. The van der Waals surface area contributed by atoms with Gasteiger partial charge in [-0.3, -0.25) is 0 Å². The van der Waals surface area contributed by atoms with Crippen LogP contribution in [0.15, 0.2) is 28.8 Å². The topological polar surface area (TPSA) is 36.9 Å². The highest BCUT2D eigenvalue weighted by Crippen LogP contribution is 2.45. The van der Waals surface area contributed by atoms with Gasteiger partial charge in [0, 0.05) is 22.6 Å². The fraction of sp³-hybridized carbons (Fsp3) is 0.652. The minimum absolute atomic E-state index is 0.0897. The van der Waals surface area contributed by atoms with Crippen LogP contribution in [0, 0.1) is 0 Å². The first-order valence-electron chi connectivity index (χ1n) is 10.6. The summed E-state index contributed by atoms with van der Waals surface area (Å²) in [6.45, 7) is 17.2. The van der Waals surface area contributed by atoms with E-state index in [9.17, 15) is 0 Å². The molecule has 0 N–H and O–H groups in total. The third kappa shape index (κ3) is 6.28. The molecular formula is C23H37ClO4SSi. The van der Waals surface area contributed by atoms with Gasteiger partial charge in [-0.1, -0.05) is 45.4 Å². The molecule has 0 aromatic carbocycles. The summed E-state index contributed by atoms with van der Waals surface area (Å²) in [5.41, 5.74) is 2.30. The molecule has 1 aliphatic rings. The van der Waals surface area contributed by atoms with Crippen molar-refractivity contribution in [3.63, 3.8) is 0 Å². The molecule has 1 saturated heterocycles. The summed E-state index contributed by atoms with van der Waals surface area (Å²) in [6.07, 6.45) is 4.32. The van der Waals surface area contributed by atoms with Gasteiger partial charge < -0.3 is 18.6 Å². The lowest BCUT2D eigenvalue weighted by Crippen LogP contribution is -2.42. The molecule has 0 bridgehead atoms. The first kappa shape index (κ1) is 25.8. The number of methoxy groups -OCH3 is 1. The Hall–Kier alpha value is -0.473. The zero-order valence-corrected chi connectivity index (χ0v) is 22.2. The second-order valence-electron chi connectivity index (χ2n) is 9.04. The van der Waals surface area contributed by atoms with Gasteiger partial charge in [-0.05, 0) is 49.2 Å². The van der Waals surface area contributed by atoms with Gasteiger partial charge in [-0.2, -0.15) is 0 Å². The Bertz CT molecular complexity index is 758. The molecule has 2 heterocycles. The third-order valence-electron chi connectivity index (χ3n) is 5.84. The van der Waals surface area contributed by atoms with Gasteiger partial charge in [0.1, 0.15) is 0 Å². The lowest BCUT2D eigenvalue weighted by Gasteiger charge is -2.40. The predicted molar refractivity (Wildman–Crippen MR) is 129 cm³/mol. The van der Waals surface area contributed by atoms with Gasteiger partial charge in [0.2, 0.25) is 0 Å². The van der Waals surface area contributed by atoms with E-state index in [2.05, 4.69) is 52.9 Å². The van der Waals surface area contributed by atoms with Crippen LogP contribution in [0.4, 0.5) is 0 Å². The van der Waals surface area contributed by atoms with Crippen LogP contribution in [-0.2, 0) is 25.2 Å². The van der Waals surface area contributed by atoms with E-state index < -0.39 is 8.32 Å². The van der Waals surface area contributed by atoms with Crippen LogP contribution >= 0.6 is 22.9 Å². The zero-order valence-electron chi connectivity index (χ0n) is 19.6. The van der Waals surface area contributed by atoms with Crippen LogP contribution in [0.5, 0.6) is 0 Å². The molecule has 0 saturated carbocycles. The Kier molecular flexibility index (Phi) is 9.37. The van der Waals surface area contributed by atoms with E-state index in [1.165, 1.54) is 0 Å². The normalized spacial score (nSPS) is 18.3. The molecule has 30 heavy (non-hydrogen) atoms. The van der Waals surface area contributed by atoms with Crippen LogP contribution in [-0.4, -0.2) is 28.6 Å². The first-order valence-corrected chi connectivity index (χ1v) is 14.7. The van der Waals surface area contributed by atoms with Crippen molar-refractivity contribution in [2.45, 2.75) is 78.2 Å². The Morgan fingerprint density at radius 3 is 2.47 bits per heavy atom. The molecule has 2 rings (SSSR count). The minimum Gasteiger partial charge on any atom is -0.406 e. The van der Waals surface area contributed by atoms with E-state index in [1.807, 2.05) is 13.0 Å². The lowest BCUT2D eigenvalue weighted by molar-refractivity contribution is -0.0414. The first-order chi connectivity index (χ1) is 14.0. The Balaban J connectivity index is 2.58. The van der Waals surface area contributed by atoms with Crippen molar-refractivity contribution in [1.29, 1.82) is 0 Å². The smallest absolute Gasteiger partial charge is 0.193 e. The van der Waals surface area contributed by atoms with E-state index in [0.717, 1.165) is 32.3 Å². The summed E-state index contributed by atoms with van der Waals surface area (Å²) in [7, 11) is -0.336. The largest absolute Gasteiger partial charge is 0.406 e. The molecule has 1 fully saturated rings. The van der Waals surface area contributed by atoms with Gasteiger partial charge >= 0.3 is 0 Å². The molecule has 0 aliphatic carbocycles. The maximum atomic E-state index is 7.00. The van der Waals surface area contributed by atoms with Gasteiger partial charge in [-0.15, -0.1) is 11.3 Å². The Morgan fingerprint density at radius 1 is 1.33 bits per heavy atom. The van der Waals surface area contributed by atoms with Crippen molar-refractivity contribution in [1.82, 2.24) is 0 Å². The molecule has 1 aliphatic heterocycles. The summed E-state index contributed by atoms with van der Waals surface area (Å²) in [5.74, 6) is 0. The third-order valence-corrected chi connectivity index (χ3v) is 11.7. The van der Waals surface area contributed by atoms with Crippen LogP contribution in [0.3, 0.4) is 0 Å². The highest BCUT2D eigenvalue weighted by Gasteiger charge is 2.41. The Labute approximate surface area is 192 Å². The van der Waals surface area contributed by atoms with Gasteiger partial charge in [0.25, 0.3) is 0 Å². The fourth-order valence-corrected chi connectivity index (χ4v) is 5.53. The van der Waals surface area contributed by atoms with Crippen molar-refractivity contribution < 1.29 is 18.6 Å². The second kappa shape index (κ2) is 10.9. The van der Waals surface area contributed by atoms with E-state index >= 15 is 0 Å². The minimum atomic E-state index is -2.06. The fourth-order valence-electron chi connectivity index (χ4n) is 3.00. The number of hydrogen-bond acceptors (Lipinski definition) is 5. The van der Waals surface area contributed by atoms with Crippen molar-refractivity contribution in [2.24, 2.45) is 0 Å². The number of hydrogen-bond donors (Lipinski definition) is 0. The van der Waals surface area contributed by atoms with Crippen LogP contribution < -0.4 is 0 Å². The van der Waals surface area contributed by atoms with E-state index in [4.69, 9.17) is 30.2 Å². The van der Waals surface area contributed by atoms with Gasteiger partial charge in [0.05, 0.1) is 30.8 Å². The molecule has 0 radical (unpaired) electrons. The molecule has 1 aromatic rings. The van der Waals surface area contributed by atoms with Crippen LogP contribution in [0.25, 0.3) is 0 Å². The standard InChI is InChI=1S/C23H37ClO4SSi/c1-9-16(13-17(24)10-2)21(28-30(7,8)23(3,4)5)18-14-19(22-26-11-12-27-22)29-20(18)15-25-6/h10,13-14,21-22H,9,11-12,15H2,1-8H3/b16-13+,17-10+. The number of thiophene rings is 1. The summed E-state index contributed by atoms with van der Waals surface area (Å²) in [6, 6.07) is 2.18. The quantitative estimate of drug-likeness (QED) is 0.275. The summed E-state index contributed by atoms with van der Waals surface area (Å²) >= 11 is 8.10. The SMILES string of the molecule is C/C=C(Cl)\C=C(/CC)C(O[Si](C)(C)C(C)(C)C)c1cc(C2OCCO2)sc1COC. The molecule has 4 nitrogen and oxygen atoms in total. The molecule has 7 heteroatoms. The van der Waals surface area contributed by atoms with E-state index in [0.29, 0.717) is 19.8 Å². The Morgan fingerprint density at radius 2 is 1.97 bits per heavy atom. The maximum absolute atomic E-state index is 7.00. The highest BCUT2D eigenvalue weighted by molar-refractivity contribution is 7.12. The molecule has 0 amide bonds. The van der Waals surface area contributed by atoms with Crippen molar-refractivity contribution in [2.75, 3.05) is 20.3 Å². The van der Waals surface area contributed by atoms with Crippen LogP contribution in [0.2, 0.25) is 18.1 Å². The molecule has 1 aromatic heterocycles. The molecule has 1 atom stereocenters. The second-order valence-corrected chi connectivity index (χ2v) is 15.4. The summed E-state index contributed by atoms with van der Waals surface area (Å²) in [5, 5.41) is 0.814. The highest BCUT2D eigenvalue weighted by atomic mass is 35.5. The lowest BCUT2D eigenvalue weighted by atomic mass is 9.99. The van der Waals surface area contributed by atoms with Gasteiger partial charge in [0.15, 0.2) is 14.6 Å². The molecular weight excluding hydrogens is 436 g/mol. The maximum Gasteiger partial charge on any atom is 0.193 e. The number of halogens is 1. The monoisotopic (exact) mass is 472 g/mol. The average Bonchev–Trinajstić information content (AvgIpc) is 3.33. The summed E-state index contributed by atoms with van der Waals surface area (Å²) in [4.78, 5) is 2.21. The van der Waals surface area contributed by atoms with Crippen molar-refractivity contribution in [3.8, 4) is 0 Å². The van der Waals surface area contributed by atoms with Crippen molar-refractivity contribution >= 4 is 31.3 Å². The number of allylic oxidation sites excluding steroid dienone is 3. The van der Waals surface area contributed by atoms with E-state index in [-0.39, 0.29) is 17.4 Å².